The molecule has 0 aliphatic carbocycles. The number of aromatic amines is 2. The van der Waals surface area contributed by atoms with E-state index < -0.39 is 6.29 Å². The number of nitrogens with zero attached hydrogens (tertiary/aromatic N) is 3. The molecular weight excluding hydrogens is 415 g/mol. The first-order chi connectivity index (χ1) is 16.2. The van der Waals surface area contributed by atoms with Crippen LogP contribution < -0.4 is 10.6 Å². The first-order valence-corrected chi connectivity index (χ1v) is 10.7. The number of H-pyrrole nitrogens is 2. The molecule has 0 radical (unpaired) electrons. The number of hydrogen-bond donors (Lipinski definition) is 3. The van der Waals surface area contributed by atoms with Crippen LogP contribution in [0.15, 0.2) is 84.1 Å². The lowest BCUT2D eigenvalue weighted by Crippen LogP contribution is -2.39. The number of nitrogens with two attached hydrogens (primary N) is 1. The number of hydrogen-bond acceptors (Lipinski definition) is 4. The van der Waals surface area contributed by atoms with E-state index in [1.807, 2.05) is 47.8 Å². The van der Waals surface area contributed by atoms with Gasteiger partial charge >= 0.3 is 0 Å². The minimum Gasteiger partial charge on any atom is -0.367 e. The molecule has 1 aliphatic heterocycles. The molecule has 0 bridgehead atoms. The van der Waals surface area contributed by atoms with E-state index in [0.29, 0.717) is 6.42 Å². The van der Waals surface area contributed by atoms with Gasteiger partial charge in [-0.25, -0.2) is 4.39 Å². The molecule has 3 aromatic carbocycles. The maximum Gasteiger partial charge on any atom is 0.177 e. The molecule has 0 fully saturated rings. The van der Waals surface area contributed by atoms with Crippen LogP contribution in [0.1, 0.15) is 16.8 Å². The van der Waals surface area contributed by atoms with Gasteiger partial charge in [-0.2, -0.15) is 5.10 Å². The molecule has 0 amide bonds. The third kappa shape index (κ3) is 3.48. The van der Waals surface area contributed by atoms with Crippen molar-refractivity contribution in [3.8, 4) is 11.1 Å². The fraction of sp³-hybridized carbons (Fsp3) is 0.0769. The van der Waals surface area contributed by atoms with E-state index >= 15 is 0 Å². The van der Waals surface area contributed by atoms with Gasteiger partial charge in [0, 0.05) is 47.4 Å². The third-order valence-corrected chi connectivity index (χ3v) is 6.01. The van der Waals surface area contributed by atoms with Crippen LogP contribution in [-0.4, -0.2) is 27.7 Å². The second-order valence-corrected chi connectivity index (χ2v) is 8.15. The first kappa shape index (κ1) is 19.5. The van der Waals surface area contributed by atoms with Gasteiger partial charge in [0.15, 0.2) is 6.29 Å². The van der Waals surface area contributed by atoms with E-state index in [1.54, 1.807) is 12.1 Å². The van der Waals surface area contributed by atoms with Crippen molar-refractivity contribution in [2.24, 2.45) is 10.7 Å². The average Bonchev–Trinajstić information content (AvgIpc) is 3.49. The van der Waals surface area contributed by atoms with Gasteiger partial charge in [-0.15, -0.1) is 0 Å². The zero-order valence-corrected chi connectivity index (χ0v) is 17.7. The number of fused-ring (bicyclic) bond motifs is 2. The minimum atomic E-state index is -0.536. The molecule has 7 heteroatoms. The molecule has 0 saturated carbocycles. The van der Waals surface area contributed by atoms with Crippen LogP contribution in [0.5, 0.6) is 0 Å². The summed E-state index contributed by atoms with van der Waals surface area (Å²) in [5, 5.41) is 8.51. The standard InChI is InChI=1S/C26H21FN6/c27-20-3-1-2-16(10-20)11-24-22-13-21(5-6-23(22)31-32-24)33-25-7-4-17(18-8-9-29-14-18)12-19(25)15-30-26(33)28/h1-10,12-15,26,29H,11,28H2,(H,31,32). The Bertz CT molecular complexity index is 1480. The van der Waals surface area contributed by atoms with Crippen LogP contribution in [-0.2, 0) is 6.42 Å². The van der Waals surface area contributed by atoms with Gasteiger partial charge in [0.1, 0.15) is 5.82 Å². The summed E-state index contributed by atoms with van der Waals surface area (Å²) in [5.41, 5.74) is 14.2. The molecule has 1 atom stereocenters. The Labute approximate surface area is 189 Å². The number of rotatable bonds is 4. The van der Waals surface area contributed by atoms with Crippen molar-refractivity contribution in [3.05, 3.63) is 102 Å². The third-order valence-electron chi connectivity index (χ3n) is 6.01. The predicted octanol–water partition coefficient (Wildman–Crippen LogP) is 5.10. The molecule has 33 heavy (non-hydrogen) atoms. The van der Waals surface area contributed by atoms with E-state index in [9.17, 15) is 4.39 Å². The highest BCUT2D eigenvalue weighted by atomic mass is 19.1. The van der Waals surface area contributed by atoms with Crippen LogP contribution in [0.2, 0.25) is 0 Å². The molecule has 2 aromatic heterocycles. The van der Waals surface area contributed by atoms with Gasteiger partial charge in [0.2, 0.25) is 0 Å². The van der Waals surface area contributed by atoms with E-state index in [-0.39, 0.29) is 5.82 Å². The number of aliphatic imine (C=N–C) groups is 1. The largest absolute Gasteiger partial charge is 0.367 e. The lowest BCUT2D eigenvalue weighted by Gasteiger charge is -2.33. The van der Waals surface area contributed by atoms with Gasteiger partial charge in [0.05, 0.1) is 11.2 Å². The zero-order valence-electron chi connectivity index (χ0n) is 17.7. The zero-order chi connectivity index (χ0) is 22.4. The summed E-state index contributed by atoms with van der Waals surface area (Å²) < 4.78 is 13.7. The second kappa shape index (κ2) is 7.72. The molecule has 6 rings (SSSR count). The average molecular weight is 436 g/mol. The second-order valence-electron chi connectivity index (χ2n) is 8.15. The maximum absolute atomic E-state index is 13.7. The summed E-state index contributed by atoms with van der Waals surface area (Å²) in [4.78, 5) is 9.64. The quantitative estimate of drug-likeness (QED) is 0.366. The number of benzene rings is 3. The highest BCUT2D eigenvalue weighted by Crippen LogP contribution is 2.36. The predicted molar refractivity (Wildman–Crippen MR) is 129 cm³/mol. The summed E-state index contributed by atoms with van der Waals surface area (Å²) in [7, 11) is 0. The normalized spacial score (nSPS) is 15.2. The van der Waals surface area contributed by atoms with Crippen molar-refractivity contribution >= 4 is 28.5 Å². The molecule has 162 valence electrons. The Morgan fingerprint density at radius 2 is 1.94 bits per heavy atom. The smallest absolute Gasteiger partial charge is 0.177 e. The van der Waals surface area contributed by atoms with Gasteiger partial charge < -0.3 is 9.88 Å². The van der Waals surface area contributed by atoms with Gasteiger partial charge in [-0.3, -0.25) is 15.8 Å². The maximum atomic E-state index is 13.7. The minimum absolute atomic E-state index is 0.246. The molecule has 0 spiro atoms. The SMILES string of the molecule is NC1N=Cc2cc(-c3cc[nH]c3)ccc2N1c1ccc2n[nH]c(Cc3cccc(F)c3)c2c1. The highest BCUT2D eigenvalue weighted by molar-refractivity contribution is 5.95. The summed E-state index contributed by atoms with van der Waals surface area (Å²) in [5.74, 6) is -0.246. The molecule has 5 aromatic rings. The van der Waals surface area contributed by atoms with E-state index in [2.05, 4.69) is 44.4 Å². The number of aromatic nitrogens is 3. The van der Waals surface area contributed by atoms with Crippen molar-refractivity contribution in [1.82, 2.24) is 15.2 Å². The Balaban J connectivity index is 1.40. The van der Waals surface area contributed by atoms with E-state index in [4.69, 9.17) is 5.73 Å². The summed E-state index contributed by atoms with van der Waals surface area (Å²) >= 11 is 0. The fourth-order valence-electron chi connectivity index (χ4n) is 4.40. The van der Waals surface area contributed by atoms with Gasteiger partial charge in [-0.1, -0.05) is 18.2 Å². The molecule has 6 nitrogen and oxygen atoms in total. The first-order valence-electron chi connectivity index (χ1n) is 10.7. The summed E-state index contributed by atoms with van der Waals surface area (Å²) in [6.45, 7) is 0. The number of halogens is 1. The van der Waals surface area contributed by atoms with Crippen LogP contribution >= 0.6 is 0 Å². The Morgan fingerprint density at radius 3 is 2.79 bits per heavy atom. The van der Waals surface area contributed by atoms with Gasteiger partial charge in [0.25, 0.3) is 0 Å². The lowest BCUT2D eigenvalue weighted by molar-refractivity contribution is 0.626. The summed E-state index contributed by atoms with van der Waals surface area (Å²) in [6.07, 6.45) is 5.73. The van der Waals surface area contributed by atoms with E-state index in [1.165, 1.54) is 6.07 Å². The fourth-order valence-corrected chi connectivity index (χ4v) is 4.40. The Hall–Kier alpha value is -4.23. The highest BCUT2D eigenvalue weighted by Gasteiger charge is 2.23. The van der Waals surface area contributed by atoms with Crippen LogP contribution in [0.3, 0.4) is 0 Å². The van der Waals surface area contributed by atoms with Crippen molar-refractivity contribution in [2.75, 3.05) is 4.90 Å². The molecule has 3 heterocycles. The summed E-state index contributed by atoms with van der Waals surface area (Å²) in [6, 6.07) is 21.0. The van der Waals surface area contributed by atoms with Gasteiger partial charge in [-0.05, 0) is 65.2 Å². The molecule has 1 unspecified atom stereocenters. The van der Waals surface area contributed by atoms with Crippen LogP contribution in [0.25, 0.3) is 22.0 Å². The van der Waals surface area contributed by atoms with E-state index in [0.717, 1.165) is 50.2 Å². The van der Waals surface area contributed by atoms with Crippen molar-refractivity contribution < 1.29 is 4.39 Å². The van der Waals surface area contributed by atoms with Crippen molar-refractivity contribution in [1.29, 1.82) is 0 Å². The molecule has 4 N–H and O–H groups in total. The Kier molecular flexibility index (Phi) is 4.55. The Morgan fingerprint density at radius 1 is 1.00 bits per heavy atom. The number of anilines is 2. The molecule has 1 aliphatic rings. The van der Waals surface area contributed by atoms with Crippen molar-refractivity contribution in [3.63, 3.8) is 0 Å². The lowest BCUT2D eigenvalue weighted by atomic mass is 10.0. The van der Waals surface area contributed by atoms with Crippen LogP contribution in [0, 0.1) is 5.82 Å². The number of nitrogens with one attached hydrogen (secondary N) is 2. The van der Waals surface area contributed by atoms with Crippen LogP contribution in [0.4, 0.5) is 15.8 Å². The monoisotopic (exact) mass is 436 g/mol. The molecule has 0 saturated heterocycles. The topological polar surface area (TPSA) is 86.1 Å². The molecular formula is C26H21FN6. The van der Waals surface area contributed by atoms with Crippen molar-refractivity contribution in [2.45, 2.75) is 12.7 Å².